The molecule has 0 radical (unpaired) electrons. The maximum absolute atomic E-state index is 12.2. The van der Waals surface area contributed by atoms with Gasteiger partial charge in [-0.25, -0.2) is 14.8 Å². The zero-order valence-electron chi connectivity index (χ0n) is 14.9. The Morgan fingerprint density at radius 2 is 2.00 bits per heavy atom. The fraction of sp³-hybridized carbons (Fsp3) is 0.471. The average Bonchev–Trinajstić information content (AvgIpc) is 2.64. The van der Waals surface area contributed by atoms with Gasteiger partial charge in [0.25, 0.3) is 0 Å². The number of nitrogens with zero attached hydrogens (tertiary/aromatic N) is 5. The molecule has 1 aliphatic rings. The summed E-state index contributed by atoms with van der Waals surface area (Å²) in [5.74, 6) is 0.551. The Labute approximate surface area is 151 Å². The number of hydrogen-bond donors (Lipinski definition) is 1. The van der Waals surface area contributed by atoms with Crippen LogP contribution in [0.5, 0.6) is 0 Å². The average molecular weight is 358 g/mol. The normalized spacial score (nSPS) is 14.3. The molecule has 26 heavy (non-hydrogen) atoms. The number of anilines is 1. The van der Waals surface area contributed by atoms with Gasteiger partial charge in [0, 0.05) is 30.5 Å². The third-order valence-corrected chi connectivity index (χ3v) is 4.16. The number of ether oxygens (including phenoxy) is 1. The first-order valence-corrected chi connectivity index (χ1v) is 8.48. The van der Waals surface area contributed by atoms with Gasteiger partial charge in [0.05, 0.1) is 25.5 Å². The van der Waals surface area contributed by atoms with E-state index in [2.05, 4.69) is 25.2 Å². The van der Waals surface area contributed by atoms with Crippen LogP contribution in [0.4, 0.5) is 5.82 Å². The van der Waals surface area contributed by atoms with E-state index in [4.69, 9.17) is 4.74 Å². The minimum Gasteiger partial charge on any atom is -0.378 e. The van der Waals surface area contributed by atoms with Gasteiger partial charge >= 0.3 is 5.69 Å². The number of aryl methyl sites for hydroxylation is 2. The zero-order valence-corrected chi connectivity index (χ0v) is 14.9. The van der Waals surface area contributed by atoms with E-state index in [1.807, 2.05) is 6.07 Å². The molecule has 9 nitrogen and oxygen atoms in total. The molecular weight excluding hydrogens is 336 g/mol. The second-order valence-corrected chi connectivity index (χ2v) is 6.15. The van der Waals surface area contributed by atoms with E-state index in [0.29, 0.717) is 30.3 Å². The van der Waals surface area contributed by atoms with Crippen molar-refractivity contribution in [3.05, 3.63) is 46.0 Å². The van der Waals surface area contributed by atoms with Gasteiger partial charge in [0.15, 0.2) is 0 Å². The van der Waals surface area contributed by atoms with E-state index in [1.54, 1.807) is 19.9 Å². The van der Waals surface area contributed by atoms with Gasteiger partial charge in [-0.1, -0.05) is 0 Å². The number of aromatic nitrogens is 4. The van der Waals surface area contributed by atoms with Crippen molar-refractivity contribution < 1.29 is 9.53 Å². The van der Waals surface area contributed by atoms with Gasteiger partial charge in [-0.2, -0.15) is 4.98 Å². The molecule has 2 aromatic heterocycles. The smallest absolute Gasteiger partial charge is 0.348 e. The van der Waals surface area contributed by atoms with Crippen molar-refractivity contribution in [2.45, 2.75) is 26.9 Å². The lowest BCUT2D eigenvalue weighted by atomic mass is 10.3. The van der Waals surface area contributed by atoms with Crippen LogP contribution in [0.3, 0.4) is 0 Å². The van der Waals surface area contributed by atoms with Crippen LogP contribution in [0.15, 0.2) is 23.3 Å². The maximum atomic E-state index is 12.2. The van der Waals surface area contributed by atoms with Crippen LogP contribution in [0.2, 0.25) is 0 Å². The molecule has 0 aliphatic carbocycles. The van der Waals surface area contributed by atoms with Crippen molar-refractivity contribution in [1.29, 1.82) is 0 Å². The number of nitrogens with one attached hydrogen (secondary N) is 1. The van der Waals surface area contributed by atoms with Crippen molar-refractivity contribution >= 4 is 11.7 Å². The Bertz CT molecular complexity index is 845. The molecule has 1 fully saturated rings. The van der Waals surface area contributed by atoms with Crippen LogP contribution in [-0.2, 0) is 22.6 Å². The lowest BCUT2D eigenvalue weighted by molar-refractivity contribution is -0.121. The van der Waals surface area contributed by atoms with Crippen molar-refractivity contribution in [3.63, 3.8) is 0 Å². The fourth-order valence-corrected chi connectivity index (χ4v) is 2.80. The van der Waals surface area contributed by atoms with Gasteiger partial charge in [-0.15, -0.1) is 0 Å². The lowest BCUT2D eigenvalue weighted by Crippen LogP contribution is -2.37. The molecule has 9 heteroatoms. The van der Waals surface area contributed by atoms with Crippen LogP contribution in [0.1, 0.15) is 17.1 Å². The number of amides is 1. The third kappa shape index (κ3) is 4.42. The Morgan fingerprint density at radius 3 is 2.73 bits per heavy atom. The van der Waals surface area contributed by atoms with E-state index in [0.717, 1.165) is 18.9 Å². The number of hydrogen-bond acceptors (Lipinski definition) is 7. The molecule has 3 rings (SSSR count). The Balaban J connectivity index is 1.60. The molecule has 0 aromatic carbocycles. The van der Waals surface area contributed by atoms with E-state index in [-0.39, 0.29) is 19.0 Å². The standard InChI is InChI=1S/C17H22N6O3/c1-12-7-13(2)23(17(25)21-12)10-16(24)18-9-14-8-15(20-11-19-14)22-3-5-26-6-4-22/h7-8,11H,3-6,9-10H2,1-2H3,(H,18,24). The third-order valence-electron chi connectivity index (χ3n) is 4.16. The molecule has 0 spiro atoms. The highest BCUT2D eigenvalue weighted by Gasteiger charge is 2.13. The molecular formula is C17H22N6O3. The summed E-state index contributed by atoms with van der Waals surface area (Å²) >= 11 is 0. The molecule has 1 saturated heterocycles. The highest BCUT2D eigenvalue weighted by molar-refractivity contribution is 5.75. The molecule has 0 atom stereocenters. The van der Waals surface area contributed by atoms with Crippen LogP contribution < -0.4 is 15.9 Å². The fourth-order valence-electron chi connectivity index (χ4n) is 2.80. The van der Waals surface area contributed by atoms with Crippen LogP contribution in [-0.4, -0.2) is 51.7 Å². The van der Waals surface area contributed by atoms with E-state index >= 15 is 0 Å². The summed E-state index contributed by atoms with van der Waals surface area (Å²) in [6.45, 7) is 6.65. The first kappa shape index (κ1) is 18.0. The number of morpholine rings is 1. The van der Waals surface area contributed by atoms with Gasteiger partial charge in [-0.3, -0.25) is 9.36 Å². The number of carbonyl (C=O) groups excluding carboxylic acids is 1. The molecule has 3 heterocycles. The Kier molecular flexibility index (Phi) is 5.57. The van der Waals surface area contributed by atoms with Gasteiger partial charge in [-0.05, 0) is 19.9 Å². The summed E-state index contributed by atoms with van der Waals surface area (Å²) in [4.78, 5) is 38.6. The van der Waals surface area contributed by atoms with Gasteiger partial charge in [0.2, 0.25) is 5.91 Å². The predicted molar refractivity (Wildman–Crippen MR) is 94.9 cm³/mol. The number of carbonyl (C=O) groups is 1. The Morgan fingerprint density at radius 1 is 1.23 bits per heavy atom. The quantitative estimate of drug-likeness (QED) is 0.790. The molecule has 0 saturated carbocycles. The molecule has 138 valence electrons. The minimum atomic E-state index is -0.422. The summed E-state index contributed by atoms with van der Waals surface area (Å²) in [5, 5.41) is 2.79. The first-order valence-electron chi connectivity index (χ1n) is 8.48. The van der Waals surface area contributed by atoms with Gasteiger partial charge < -0.3 is 15.0 Å². The highest BCUT2D eigenvalue weighted by atomic mass is 16.5. The predicted octanol–water partition coefficient (Wildman–Crippen LogP) is -0.197. The summed E-state index contributed by atoms with van der Waals surface area (Å²) in [6.07, 6.45) is 1.49. The first-order chi connectivity index (χ1) is 12.5. The second-order valence-electron chi connectivity index (χ2n) is 6.15. The molecule has 0 unspecified atom stereocenters. The SMILES string of the molecule is Cc1cc(C)n(CC(=O)NCc2cc(N3CCOCC3)ncn2)c(=O)n1. The molecule has 0 bridgehead atoms. The monoisotopic (exact) mass is 358 g/mol. The second kappa shape index (κ2) is 8.05. The van der Waals surface area contributed by atoms with Crippen LogP contribution in [0.25, 0.3) is 0 Å². The minimum absolute atomic E-state index is 0.0701. The van der Waals surface area contributed by atoms with E-state index < -0.39 is 5.69 Å². The molecule has 1 N–H and O–H groups in total. The molecule has 2 aromatic rings. The number of rotatable bonds is 5. The summed E-state index contributed by atoms with van der Waals surface area (Å²) in [5.41, 5.74) is 1.63. The largest absolute Gasteiger partial charge is 0.378 e. The highest BCUT2D eigenvalue weighted by Crippen LogP contribution is 2.12. The van der Waals surface area contributed by atoms with E-state index in [1.165, 1.54) is 10.9 Å². The topological polar surface area (TPSA) is 102 Å². The van der Waals surface area contributed by atoms with Crippen molar-refractivity contribution in [3.8, 4) is 0 Å². The van der Waals surface area contributed by atoms with Crippen molar-refractivity contribution in [2.24, 2.45) is 0 Å². The maximum Gasteiger partial charge on any atom is 0.348 e. The van der Waals surface area contributed by atoms with E-state index in [9.17, 15) is 9.59 Å². The van der Waals surface area contributed by atoms with Crippen molar-refractivity contribution in [1.82, 2.24) is 24.8 Å². The van der Waals surface area contributed by atoms with Crippen LogP contribution in [0, 0.1) is 13.8 Å². The summed E-state index contributed by atoms with van der Waals surface area (Å²) in [6, 6.07) is 3.63. The molecule has 1 amide bonds. The van der Waals surface area contributed by atoms with Crippen molar-refractivity contribution in [2.75, 3.05) is 31.2 Å². The Hall–Kier alpha value is -2.81. The van der Waals surface area contributed by atoms with Crippen LogP contribution >= 0.6 is 0 Å². The van der Waals surface area contributed by atoms with Gasteiger partial charge in [0.1, 0.15) is 18.7 Å². The molecule has 1 aliphatic heterocycles. The lowest BCUT2D eigenvalue weighted by Gasteiger charge is -2.27. The summed E-state index contributed by atoms with van der Waals surface area (Å²) < 4.78 is 6.69. The zero-order chi connectivity index (χ0) is 18.5. The summed E-state index contributed by atoms with van der Waals surface area (Å²) in [7, 11) is 0.